The number of nitrogens with one attached hydrogen (secondary N) is 2. The van der Waals surface area contributed by atoms with Gasteiger partial charge in [0.1, 0.15) is 30.1 Å². The number of carbonyl (C=O) groups excluding carboxylic acids is 2. The summed E-state index contributed by atoms with van der Waals surface area (Å²) in [5.41, 5.74) is 2.22. The second kappa shape index (κ2) is 13.8. The maximum atomic E-state index is 14.0. The summed E-state index contributed by atoms with van der Waals surface area (Å²) in [6, 6.07) is 9.13. The van der Waals surface area contributed by atoms with E-state index in [9.17, 15) is 18.4 Å². The smallest absolute Gasteiger partial charge is 0.412 e. The molecule has 0 unspecified atom stereocenters. The molecule has 0 radical (unpaired) electrons. The molecule has 0 saturated carbocycles. The van der Waals surface area contributed by atoms with Gasteiger partial charge < -0.3 is 19.3 Å². The van der Waals surface area contributed by atoms with Crippen molar-refractivity contribution >= 4 is 17.7 Å². The minimum atomic E-state index is -1.04. The molecule has 0 spiro atoms. The number of hydrogen-bond acceptors (Lipinski definition) is 7. The number of aliphatic hydroxyl groups is 1. The average molecular weight is 492 g/mol. The molecule has 0 saturated heterocycles. The summed E-state index contributed by atoms with van der Waals surface area (Å²) in [6.07, 6.45) is 1.06. The van der Waals surface area contributed by atoms with Gasteiger partial charge in [-0.1, -0.05) is 24.3 Å². The Balaban J connectivity index is 2.33. The highest BCUT2D eigenvalue weighted by atomic mass is 19.1. The number of carbonyl (C=O) groups is 2. The molecule has 0 aromatic heterocycles. The monoisotopic (exact) mass is 492 g/mol. The molecule has 0 aliphatic rings. The van der Waals surface area contributed by atoms with Crippen molar-refractivity contribution in [3.8, 4) is 5.75 Å². The normalized spacial score (nSPS) is 13.3. The highest BCUT2D eigenvalue weighted by Gasteiger charge is 2.29. The third-order valence-corrected chi connectivity index (χ3v) is 4.67. The van der Waals surface area contributed by atoms with Gasteiger partial charge in [-0.15, -0.1) is 0 Å². The Kier molecular flexibility index (Phi) is 10.8. The number of rotatable bonds is 11. The lowest BCUT2D eigenvalue weighted by Crippen LogP contribution is -2.29. The predicted octanol–water partition coefficient (Wildman–Crippen LogP) is 3.65. The van der Waals surface area contributed by atoms with Crippen molar-refractivity contribution in [2.75, 3.05) is 25.6 Å². The van der Waals surface area contributed by atoms with Crippen molar-refractivity contribution in [1.29, 1.82) is 0 Å². The first-order valence-electron chi connectivity index (χ1n) is 10.4. The fourth-order valence-electron chi connectivity index (χ4n) is 3.04. The molecular formula is C24H26F2N2O7. The largest absolute Gasteiger partial charge is 0.491 e. The molecule has 2 amide bonds. The lowest BCUT2D eigenvalue weighted by Gasteiger charge is -2.27. The number of aliphatic hydroxyl groups excluding tert-OH is 1. The zero-order chi connectivity index (χ0) is 25.8. The van der Waals surface area contributed by atoms with Gasteiger partial charge in [0.15, 0.2) is 6.10 Å². The van der Waals surface area contributed by atoms with Gasteiger partial charge >= 0.3 is 6.09 Å². The van der Waals surface area contributed by atoms with Crippen molar-refractivity contribution in [2.24, 2.45) is 0 Å². The van der Waals surface area contributed by atoms with Gasteiger partial charge in [0.2, 0.25) is 0 Å². The van der Waals surface area contributed by atoms with E-state index in [-0.39, 0.29) is 18.9 Å². The number of ether oxygens (including phenoxy) is 3. The zero-order valence-electron chi connectivity index (χ0n) is 19.0. The van der Waals surface area contributed by atoms with E-state index in [4.69, 9.17) is 24.5 Å². The Morgan fingerprint density at radius 3 is 2.46 bits per heavy atom. The topological polar surface area (TPSA) is 126 Å². The number of anilines is 1. The molecule has 0 fully saturated rings. The van der Waals surface area contributed by atoms with Gasteiger partial charge in [-0.05, 0) is 42.3 Å². The van der Waals surface area contributed by atoms with Crippen LogP contribution in [0.4, 0.5) is 19.3 Å². The van der Waals surface area contributed by atoms with Crippen molar-refractivity contribution in [3.05, 3.63) is 83.5 Å². The predicted molar refractivity (Wildman–Crippen MR) is 122 cm³/mol. The lowest BCUT2D eigenvalue weighted by atomic mass is 9.98. The molecular weight excluding hydrogens is 466 g/mol. The molecule has 0 aliphatic heterocycles. The van der Waals surface area contributed by atoms with Crippen LogP contribution < -0.4 is 15.5 Å². The summed E-state index contributed by atoms with van der Waals surface area (Å²) < 4.78 is 43.6. The van der Waals surface area contributed by atoms with E-state index < -0.39 is 35.8 Å². The van der Waals surface area contributed by atoms with E-state index in [1.54, 1.807) is 31.2 Å². The highest BCUT2D eigenvalue weighted by Crippen LogP contribution is 2.30. The van der Waals surface area contributed by atoms with Crippen molar-refractivity contribution in [1.82, 2.24) is 5.48 Å². The highest BCUT2D eigenvalue weighted by molar-refractivity contribution is 5.86. The van der Waals surface area contributed by atoms with Crippen LogP contribution in [0.2, 0.25) is 0 Å². The number of benzene rings is 2. The number of hydrogen-bond donors (Lipinski definition) is 4. The first-order chi connectivity index (χ1) is 16.8. The van der Waals surface area contributed by atoms with Crippen LogP contribution in [0, 0.1) is 11.6 Å². The number of hydroxylamine groups is 1. The first-order valence-corrected chi connectivity index (χ1v) is 10.4. The summed E-state index contributed by atoms with van der Waals surface area (Å²) in [7, 11) is 1.39. The van der Waals surface area contributed by atoms with Gasteiger partial charge in [0, 0.05) is 19.3 Å². The Labute approximate surface area is 200 Å². The molecule has 2 aromatic carbocycles. The van der Waals surface area contributed by atoms with E-state index in [0.717, 1.165) is 18.2 Å². The molecule has 2 aromatic rings. The van der Waals surface area contributed by atoms with Crippen LogP contribution in [0.15, 0.2) is 66.3 Å². The van der Waals surface area contributed by atoms with Gasteiger partial charge in [0.25, 0.3) is 5.91 Å². The molecule has 4 N–H and O–H groups in total. The van der Waals surface area contributed by atoms with Crippen molar-refractivity contribution in [2.45, 2.75) is 19.1 Å². The molecule has 0 bridgehead atoms. The van der Waals surface area contributed by atoms with Crippen LogP contribution >= 0.6 is 0 Å². The number of allylic oxidation sites excluding steroid dienone is 2. The molecule has 35 heavy (non-hydrogen) atoms. The van der Waals surface area contributed by atoms with Crippen LogP contribution in [0.1, 0.15) is 18.6 Å². The van der Waals surface area contributed by atoms with Crippen LogP contribution in [0.3, 0.4) is 0 Å². The van der Waals surface area contributed by atoms with Crippen molar-refractivity contribution < 1.29 is 42.9 Å². The SMILES string of the molecule is CO[C@H](/C(C)=C/C=C/C(=O)NO)[C@H](OC(=O)Nc1ccc(F)cc1F)c1ccc(OCCO)cc1. The number of halogens is 2. The maximum Gasteiger partial charge on any atom is 0.412 e. The maximum absolute atomic E-state index is 14.0. The molecule has 2 atom stereocenters. The summed E-state index contributed by atoms with van der Waals surface area (Å²) >= 11 is 0. The van der Waals surface area contributed by atoms with Crippen LogP contribution in [-0.4, -0.2) is 48.7 Å². The second-order valence-corrected chi connectivity index (χ2v) is 7.12. The fraction of sp³-hybridized carbons (Fsp3) is 0.250. The zero-order valence-corrected chi connectivity index (χ0v) is 19.0. The first kappa shape index (κ1) is 27.4. The van der Waals surface area contributed by atoms with Gasteiger partial charge in [-0.25, -0.2) is 19.1 Å². The summed E-state index contributed by atoms with van der Waals surface area (Å²) in [5.74, 6) is -2.05. The van der Waals surface area contributed by atoms with Crippen LogP contribution in [-0.2, 0) is 14.3 Å². The van der Waals surface area contributed by atoms with Crippen LogP contribution in [0.25, 0.3) is 0 Å². The van der Waals surface area contributed by atoms with Crippen LogP contribution in [0.5, 0.6) is 5.75 Å². The Morgan fingerprint density at radius 2 is 1.86 bits per heavy atom. The third kappa shape index (κ3) is 8.49. The molecule has 2 rings (SSSR count). The van der Waals surface area contributed by atoms with E-state index in [2.05, 4.69) is 5.32 Å². The molecule has 188 valence electrons. The van der Waals surface area contributed by atoms with Gasteiger partial charge in [0.05, 0.1) is 12.3 Å². The minimum Gasteiger partial charge on any atom is -0.491 e. The number of methoxy groups -OCH3 is 1. The summed E-state index contributed by atoms with van der Waals surface area (Å²) in [6.45, 7) is 1.61. The lowest BCUT2D eigenvalue weighted by molar-refractivity contribution is -0.124. The minimum absolute atomic E-state index is 0.0984. The van der Waals surface area contributed by atoms with Gasteiger partial charge in [-0.3, -0.25) is 15.3 Å². The molecule has 0 aliphatic carbocycles. The third-order valence-electron chi connectivity index (χ3n) is 4.67. The van der Waals surface area contributed by atoms with E-state index in [1.807, 2.05) is 0 Å². The molecule has 0 heterocycles. The van der Waals surface area contributed by atoms with Crippen molar-refractivity contribution in [3.63, 3.8) is 0 Å². The Hall–Kier alpha value is -3.80. The Morgan fingerprint density at radius 1 is 1.14 bits per heavy atom. The standard InChI is InChI=1S/C24H26F2N2O7/c1-15(4-3-5-21(30)28-32)22(33-2)23(16-6-9-18(10-7-16)34-13-12-29)35-24(31)27-20-11-8-17(25)14-19(20)26/h3-11,14,22-23,29,32H,12-13H2,1-2H3,(H,27,31)(H,28,30)/b5-3+,15-4+/t22-,23-/m1/s1. The van der Waals surface area contributed by atoms with E-state index in [0.29, 0.717) is 23.0 Å². The van der Waals surface area contributed by atoms with E-state index in [1.165, 1.54) is 24.7 Å². The average Bonchev–Trinajstić information content (AvgIpc) is 2.84. The number of amides is 2. The Bertz CT molecular complexity index is 1060. The summed E-state index contributed by atoms with van der Waals surface area (Å²) in [5, 5.41) is 19.7. The van der Waals surface area contributed by atoms with E-state index >= 15 is 0 Å². The molecule has 11 heteroatoms. The quantitative estimate of drug-likeness (QED) is 0.163. The summed E-state index contributed by atoms with van der Waals surface area (Å²) in [4.78, 5) is 23.8. The fourth-order valence-corrected chi connectivity index (χ4v) is 3.04. The second-order valence-electron chi connectivity index (χ2n) is 7.12. The van der Waals surface area contributed by atoms with Gasteiger partial charge in [-0.2, -0.15) is 0 Å². The molecule has 9 nitrogen and oxygen atoms in total.